The summed E-state index contributed by atoms with van der Waals surface area (Å²) in [7, 11) is 1.95. The highest BCUT2D eigenvalue weighted by atomic mass is 79.9. The molecule has 0 saturated carbocycles. The van der Waals surface area contributed by atoms with Gasteiger partial charge in [0, 0.05) is 29.7 Å². The molecule has 1 aromatic carbocycles. The van der Waals surface area contributed by atoms with Crippen molar-refractivity contribution < 1.29 is 0 Å². The molecule has 17 heavy (non-hydrogen) atoms. The van der Waals surface area contributed by atoms with Gasteiger partial charge in [-0.05, 0) is 24.6 Å². The van der Waals surface area contributed by atoms with E-state index in [2.05, 4.69) is 33.2 Å². The SMILES string of the molecule is Cc1cc(CC(N)c2ccccc2Br)n(C)n1. The highest BCUT2D eigenvalue weighted by molar-refractivity contribution is 9.10. The summed E-state index contributed by atoms with van der Waals surface area (Å²) in [6.45, 7) is 1.99. The second-order valence-corrected chi connectivity index (χ2v) is 5.09. The average Bonchev–Trinajstić information content (AvgIpc) is 2.58. The van der Waals surface area contributed by atoms with Gasteiger partial charge in [-0.1, -0.05) is 34.1 Å². The van der Waals surface area contributed by atoms with Gasteiger partial charge in [0.05, 0.1) is 5.69 Å². The maximum absolute atomic E-state index is 6.23. The summed E-state index contributed by atoms with van der Waals surface area (Å²) in [4.78, 5) is 0. The fourth-order valence-electron chi connectivity index (χ4n) is 1.97. The quantitative estimate of drug-likeness (QED) is 0.946. The number of hydrogen-bond donors (Lipinski definition) is 1. The van der Waals surface area contributed by atoms with Crippen LogP contribution in [-0.4, -0.2) is 9.78 Å². The van der Waals surface area contributed by atoms with Crippen molar-refractivity contribution in [3.63, 3.8) is 0 Å². The summed E-state index contributed by atoms with van der Waals surface area (Å²) in [5, 5.41) is 4.33. The molecule has 1 aromatic heterocycles. The van der Waals surface area contributed by atoms with E-state index in [4.69, 9.17) is 5.73 Å². The van der Waals surface area contributed by atoms with Crippen LogP contribution in [0.3, 0.4) is 0 Å². The Morgan fingerprint density at radius 2 is 2.12 bits per heavy atom. The van der Waals surface area contributed by atoms with E-state index < -0.39 is 0 Å². The third-order valence-corrected chi connectivity index (χ3v) is 3.55. The Morgan fingerprint density at radius 1 is 1.41 bits per heavy atom. The molecule has 0 aliphatic heterocycles. The lowest BCUT2D eigenvalue weighted by atomic mass is 10.0. The minimum atomic E-state index is -0.0135. The highest BCUT2D eigenvalue weighted by Gasteiger charge is 2.12. The van der Waals surface area contributed by atoms with E-state index in [1.807, 2.05) is 36.9 Å². The molecule has 0 aliphatic rings. The van der Waals surface area contributed by atoms with E-state index in [0.717, 1.165) is 27.8 Å². The predicted octanol–water partition coefficient (Wildman–Crippen LogP) is 2.73. The largest absolute Gasteiger partial charge is 0.324 e. The number of aryl methyl sites for hydroxylation is 2. The van der Waals surface area contributed by atoms with Crippen molar-refractivity contribution >= 4 is 15.9 Å². The van der Waals surface area contributed by atoms with E-state index in [-0.39, 0.29) is 6.04 Å². The number of hydrogen-bond acceptors (Lipinski definition) is 2. The van der Waals surface area contributed by atoms with Crippen LogP contribution in [0.1, 0.15) is 23.0 Å². The molecular weight excluding hydrogens is 278 g/mol. The van der Waals surface area contributed by atoms with Crippen molar-refractivity contribution in [2.75, 3.05) is 0 Å². The van der Waals surface area contributed by atoms with Crippen LogP contribution in [0.5, 0.6) is 0 Å². The summed E-state index contributed by atoms with van der Waals surface area (Å²) in [6, 6.07) is 10.1. The zero-order chi connectivity index (χ0) is 12.4. The fourth-order valence-corrected chi connectivity index (χ4v) is 2.55. The monoisotopic (exact) mass is 293 g/mol. The fraction of sp³-hybridized carbons (Fsp3) is 0.308. The first-order valence-electron chi connectivity index (χ1n) is 5.57. The first-order chi connectivity index (χ1) is 8.08. The van der Waals surface area contributed by atoms with Crippen LogP contribution in [0.25, 0.3) is 0 Å². The van der Waals surface area contributed by atoms with Crippen molar-refractivity contribution in [2.45, 2.75) is 19.4 Å². The van der Waals surface area contributed by atoms with Crippen molar-refractivity contribution in [1.82, 2.24) is 9.78 Å². The number of rotatable bonds is 3. The standard InChI is InChI=1S/C13H16BrN3/c1-9-7-10(17(2)16-9)8-13(15)11-5-3-4-6-12(11)14/h3-7,13H,8,15H2,1-2H3. The van der Waals surface area contributed by atoms with Crippen LogP contribution in [-0.2, 0) is 13.5 Å². The molecule has 4 heteroatoms. The number of benzene rings is 1. The van der Waals surface area contributed by atoms with Crippen LogP contribution >= 0.6 is 15.9 Å². The summed E-state index contributed by atoms with van der Waals surface area (Å²) in [5.41, 5.74) is 9.55. The summed E-state index contributed by atoms with van der Waals surface area (Å²) in [6.07, 6.45) is 0.792. The maximum Gasteiger partial charge on any atom is 0.0596 e. The Morgan fingerprint density at radius 3 is 2.71 bits per heavy atom. The van der Waals surface area contributed by atoms with E-state index >= 15 is 0 Å². The molecule has 1 atom stereocenters. The Bertz CT molecular complexity index is 519. The van der Waals surface area contributed by atoms with Gasteiger partial charge in [0.25, 0.3) is 0 Å². The van der Waals surface area contributed by atoms with Crippen LogP contribution in [0.2, 0.25) is 0 Å². The van der Waals surface area contributed by atoms with Gasteiger partial charge < -0.3 is 5.73 Å². The Hall–Kier alpha value is -1.13. The normalized spacial score (nSPS) is 12.7. The Balaban J connectivity index is 2.20. The molecule has 2 aromatic rings. The third-order valence-electron chi connectivity index (χ3n) is 2.83. The van der Waals surface area contributed by atoms with E-state index in [1.165, 1.54) is 0 Å². The minimum Gasteiger partial charge on any atom is -0.324 e. The number of aromatic nitrogens is 2. The van der Waals surface area contributed by atoms with Crippen LogP contribution in [0, 0.1) is 6.92 Å². The Labute approximate surface area is 110 Å². The van der Waals surface area contributed by atoms with Gasteiger partial charge in [-0.25, -0.2) is 0 Å². The molecule has 90 valence electrons. The molecule has 2 rings (SSSR count). The molecule has 1 unspecified atom stereocenters. The smallest absolute Gasteiger partial charge is 0.0596 e. The maximum atomic E-state index is 6.23. The molecule has 0 aliphatic carbocycles. The topological polar surface area (TPSA) is 43.8 Å². The molecule has 0 radical (unpaired) electrons. The molecule has 0 spiro atoms. The summed E-state index contributed by atoms with van der Waals surface area (Å²) in [5.74, 6) is 0. The zero-order valence-electron chi connectivity index (χ0n) is 10.0. The van der Waals surface area contributed by atoms with E-state index in [0.29, 0.717) is 0 Å². The van der Waals surface area contributed by atoms with Gasteiger partial charge in [-0.15, -0.1) is 0 Å². The van der Waals surface area contributed by atoms with Crippen molar-refractivity contribution in [3.05, 3.63) is 51.8 Å². The van der Waals surface area contributed by atoms with Gasteiger partial charge in [0.1, 0.15) is 0 Å². The van der Waals surface area contributed by atoms with Crippen molar-refractivity contribution in [3.8, 4) is 0 Å². The van der Waals surface area contributed by atoms with Crippen LogP contribution in [0.15, 0.2) is 34.8 Å². The molecule has 1 heterocycles. The first-order valence-corrected chi connectivity index (χ1v) is 6.36. The lowest BCUT2D eigenvalue weighted by Gasteiger charge is -2.13. The van der Waals surface area contributed by atoms with Crippen molar-refractivity contribution in [1.29, 1.82) is 0 Å². The number of halogens is 1. The molecule has 0 bridgehead atoms. The van der Waals surface area contributed by atoms with Gasteiger partial charge in [0.15, 0.2) is 0 Å². The predicted molar refractivity (Wildman–Crippen MR) is 72.7 cm³/mol. The van der Waals surface area contributed by atoms with E-state index in [9.17, 15) is 0 Å². The summed E-state index contributed by atoms with van der Waals surface area (Å²) < 4.78 is 2.96. The second kappa shape index (κ2) is 5.02. The highest BCUT2D eigenvalue weighted by Crippen LogP contribution is 2.24. The molecular formula is C13H16BrN3. The molecule has 0 fully saturated rings. The van der Waals surface area contributed by atoms with Gasteiger partial charge in [0.2, 0.25) is 0 Å². The Kier molecular flexibility index (Phi) is 3.64. The number of nitrogens with zero attached hydrogens (tertiary/aromatic N) is 2. The van der Waals surface area contributed by atoms with Gasteiger partial charge in [-0.3, -0.25) is 4.68 Å². The zero-order valence-corrected chi connectivity index (χ0v) is 11.6. The van der Waals surface area contributed by atoms with Gasteiger partial charge >= 0.3 is 0 Å². The minimum absolute atomic E-state index is 0.0135. The lowest BCUT2D eigenvalue weighted by molar-refractivity contribution is 0.638. The van der Waals surface area contributed by atoms with E-state index in [1.54, 1.807) is 0 Å². The van der Waals surface area contributed by atoms with Crippen LogP contribution in [0.4, 0.5) is 0 Å². The molecule has 0 amide bonds. The van der Waals surface area contributed by atoms with Crippen molar-refractivity contribution in [2.24, 2.45) is 12.8 Å². The number of nitrogens with two attached hydrogens (primary N) is 1. The molecule has 3 nitrogen and oxygen atoms in total. The lowest BCUT2D eigenvalue weighted by Crippen LogP contribution is -2.15. The van der Waals surface area contributed by atoms with Crippen LogP contribution < -0.4 is 5.73 Å². The summed E-state index contributed by atoms with van der Waals surface area (Å²) >= 11 is 3.53. The first kappa shape index (κ1) is 12.3. The molecule has 0 saturated heterocycles. The average molecular weight is 294 g/mol. The second-order valence-electron chi connectivity index (χ2n) is 4.23. The molecule has 2 N–H and O–H groups in total. The third kappa shape index (κ3) is 2.76. The van der Waals surface area contributed by atoms with Gasteiger partial charge in [-0.2, -0.15) is 5.10 Å².